The predicted molar refractivity (Wildman–Crippen MR) is 65.1 cm³/mol. The molecule has 1 heterocycles. The number of aliphatic hydroxyl groups is 1. The molecule has 0 saturated heterocycles. The lowest BCUT2D eigenvalue weighted by atomic mass is 10.3. The predicted octanol–water partition coefficient (Wildman–Crippen LogP) is 1.49. The molecule has 0 bridgehead atoms. The van der Waals surface area contributed by atoms with Gasteiger partial charge in [-0.05, 0) is 12.1 Å². The molecule has 0 saturated carbocycles. The average molecular weight is 252 g/mol. The molecule has 1 aromatic carbocycles. The number of fused-ring (bicyclic) bond motifs is 1. The quantitative estimate of drug-likeness (QED) is 0.702. The van der Waals surface area contributed by atoms with Crippen LogP contribution in [0.25, 0.3) is 11.0 Å². The molecule has 0 amide bonds. The van der Waals surface area contributed by atoms with Gasteiger partial charge in [0.1, 0.15) is 0 Å². The number of benzene rings is 1. The molecule has 2 aromatic rings. The number of carboxylic acids is 1. The van der Waals surface area contributed by atoms with Gasteiger partial charge in [-0.25, -0.2) is 4.98 Å². The minimum Gasteiger partial charge on any atom is -0.481 e. The Kier molecular flexibility index (Phi) is 3.65. The highest BCUT2D eigenvalue weighted by Crippen LogP contribution is 2.20. The van der Waals surface area contributed by atoms with Crippen molar-refractivity contribution in [2.75, 3.05) is 5.75 Å². The van der Waals surface area contributed by atoms with Crippen LogP contribution in [0.5, 0.6) is 0 Å². The van der Waals surface area contributed by atoms with E-state index >= 15 is 0 Å². The van der Waals surface area contributed by atoms with E-state index in [1.54, 1.807) is 0 Å². The van der Waals surface area contributed by atoms with E-state index in [1.165, 1.54) is 11.8 Å². The number of H-pyrrole nitrogens is 1. The molecule has 1 unspecified atom stereocenters. The second kappa shape index (κ2) is 5.20. The van der Waals surface area contributed by atoms with Gasteiger partial charge in [0.25, 0.3) is 0 Å². The number of imidazole rings is 1. The Morgan fingerprint density at radius 1 is 1.47 bits per heavy atom. The summed E-state index contributed by atoms with van der Waals surface area (Å²) < 4.78 is 0. The van der Waals surface area contributed by atoms with Gasteiger partial charge in [0.05, 0.1) is 23.6 Å². The van der Waals surface area contributed by atoms with Gasteiger partial charge in [-0.1, -0.05) is 23.9 Å². The minimum atomic E-state index is -0.997. The van der Waals surface area contributed by atoms with E-state index in [2.05, 4.69) is 9.97 Å². The number of thioether (sulfide) groups is 1. The summed E-state index contributed by atoms with van der Waals surface area (Å²) in [6.45, 7) is 0. The number of nitrogens with zero attached hydrogens (tertiary/aromatic N) is 1. The Bertz CT molecular complexity index is 493. The first-order chi connectivity index (χ1) is 8.15. The Morgan fingerprint density at radius 2 is 2.24 bits per heavy atom. The van der Waals surface area contributed by atoms with E-state index in [0.29, 0.717) is 10.9 Å². The fourth-order valence-electron chi connectivity index (χ4n) is 1.43. The van der Waals surface area contributed by atoms with Crippen LogP contribution in [0, 0.1) is 0 Å². The van der Waals surface area contributed by atoms with Gasteiger partial charge >= 0.3 is 5.97 Å². The van der Waals surface area contributed by atoms with Gasteiger partial charge in [-0.3, -0.25) is 4.79 Å². The summed E-state index contributed by atoms with van der Waals surface area (Å²) in [6.07, 6.45) is -1.10. The summed E-state index contributed by atoms with van der Waals surface area (Å²) in [5.74, 6) is -0.686. The molecule has 90 valence electrons. The van der Waals surface area contributed by atoms with Crippen molar-refractivity contribution in [1.82, 2.24) is 9.97 Å². The maximum atomic E-state index is 10.4. The zero-order chi connectivity index (χ0) is 12.3. The van der Waals surface area contributed by atoms with Crippen molar-refractivity contribution >= 4 is 28.8 Å². The largest absolute Gasteiger partial charge is 0.481 e. The lowest BCUT2D eigenvalue weighted by Gasteiger charge is -2.04. The van der Waals surface area contributed by atoms with Crippen LogP contribution in [0.2, 0.25) is 0 Å². The molecule has 0 spiro atoms. The van der Waals surface area contributed by atoms with E-state index in [4.69, 9.17) is 5.11 Å². The van der Waals surface area contributed by atoms with Crippen LogP contribution >= 0.6 is 11.8 Å². The third kappa shape index (κ3) is 3.21. The van der Waals surface area contributed by atoms with Crippen LogP contribution in [0.4, 0.5) is 0 Å². The highest BCUT2D eigenvalue weighted by molar-refractivity contribution is 7.99. The van der Waals surface area contributed by atoms with E-state index < -0.39 is 12.1 Å². The Morgan fingerprint density at radius 3 is 2.94 bits per heavy atom. The van der Waals surface area contributed by atoms with Gasteiger partial charge in [-0.2, -0.15) is 0 Å². The summed E-state index contributed by atoms with van der Waals surface area (Å²) in [5.41, 5.74) is 1.80. The van der Waals surface area contributed by atoms with Crippen molar-refractivity contribution in [3.8, 4) is 0 Å². The van der Waals surface area contributed by atoms with Gasteiger partial charge in [0.2, 0.25) is 0 Å². The zero-order valence-corrected chi connectivity index (χ0v) is 9.78. The second-order valence-electron chi connectivity index (χ2n) is 3.62. The Labute approximate surface area is 102 Å². The molecule has 0 aliphatic carbocycles. The molecule has 0 radical (unpaired) electrons. The van der Waals surface area contributed by atoms with Crippen molar-refractivity contribution in [2.45, 2.75) is 17.7 Å². The average Bonchev–Trinajstić information content (AvgIpc) is 2.68. The number of rotatable bonds is 5. The topological polar surface area (TPSA) is 86.2 Å². The maximum absolute atomic E-state index is 10.4. The summed E-state index contributed by atoms with van der Waals surface area (Å²) in [7, 11) is 0. The van der Waals surface area contributed by atoms with Crippen molar-refractivity contribution in [3.63, 3.8) is 0 Å². The zero-order valence-electron chi connectivity index (χ0n) is 8.96. The highest BCUT2D eigenvalue weighted by Gasteiger charge is 2.11. The van der Waals surface area contributed by atoms with Crippen LogP contribution in [-0.4, -0.2) is 38.0 Å². The Hall–Kier alpha value is -1.53. The molecule has 17 heavy (non-hydrogen) atoms. The fraction of sp³-hybridized carbons (Fsp3) is 0.273. The summed E-state index contributed by atoms with van der Waals surface area (Å²) in [4.78, 5) is 17.8. The van der Waals surface area contributed by atoms with Crippen molar-refractivity contribution < 1.29 is 15.0 Å². The first-order valence-corrected chi connectivity index (χ1v) is 6.11. The van der Waals surface area contributed by atoms with E-state index in [1.807, 2.05) is 24.3 Å². The number of para-hydroxylation sites is 2. The number of hydrogen-bond donors (Lipinski definition) is 3. The summed E-state index contributed by atoms with van der Waals surface area (Å²) in [5, 5.41) is 18.6. The molecule has 2 rings (SSSR count). The second-order valence-corrected chi connectivity index (χ2v) is 4.63. The molecular weight excluding hydrogens is 240 g/mol. The number of aromatic nitrogens is 2. The van der Waals surface area contributed by atoms with E-state index in [9.17, 15) is 9.90 Å². The van der Waals surface area contributed by atoms with Crippen molar-refractivity contribution in [3.05, 3.63) is 24.3 Å². The standard InChI is InChI=1S/C11H12N2O3S/c14-7(5-10(15)16)6-17-11-12-8-3-1-2-4-9(8)13-11/h1-4,7,14H,5-6H2,(H,12,13)(H,15,16). The molecular formula is C11H12N2O3S. The molecule has 5 nitrogen and oxygen atoms in total. The first kappa shape index (κ1) is 11.9. The Balaban J connectivity index is 1.97. The number of hydrogen-bond acceptors (Lipinski definition) is 4. The van der Waals surface area contributed by atoms with Crippen LogP contribution in [0.1, 0.15) is 6.42 Å². The number of aliphatic hydroxyl groups excluding tert-OH is 1. The lowest BCUT2D eigenvalue weighted by Crippen LogP contribution is -2.15. The van der Waals surface area contributed by atoms with Crippen molar-refractivity contribution in [1.29, 1.82) is 0 Å². The van der Waals surface area contributed by atoms with Gasteiger partial charge in [-0.15, -0.1) is 0 Å². The number of nitrogens with one attached hydrogen (secondary N) is 1. The van der Waals surface area contributed by atoms with Crippen LogP contribution in [-0.2, 0) is 4.79 Å². The summed E-state index contributed by atoms with van der Waals surface area (Å²) >= 11 is 1.32. The summed E-state index contributed by atoms with van der Waals surface area (Å²) in [6, 6.07) is 7.62. The SMILES string of the molecule is O=C(O)CC(O)CSc1nc2ccccc2[nH]1. The molecule has 0 aliphatic heterocycles. The van der Waals surface area contributed by atoms with Crippen LogP contribution < -0.4 is 0 Å². The fourth-order valence-corrected chi connectivity index (χ4v) is 2.25. The van der Waals surface area contributed by atoms with Crippen LogP contribution in [0.3, 0.4) is 0 Å². The monoisotopic (exact) mass is 252 g/mol. The number of carbonyl (C=O) groups is 1. The molecule has 1 atom stereocenters. The molecule has 1 aromatic heterocycles. The number of aromatic amines is 1. The maximum Gasteiger partial charge on any atom is 0.306 e. The van der Waals surface area contributed by atoms with Gasteiger partial charge < -0.3 is 15.2 Å². The smallest absolute Gasteiger partial charge is 0.306 e. The number of aliphatic carboxylic acids is 1. The lowest BCUT2D eigenvalue weighted by molar-refractivity contribution is -0.138. The van der Waals surface area contributed by atoms with Crippen molar-refractivity contribution in [2.24, 2.45) is 0 Å². The minimum absolute atomic E-state index is 0.243. The molecule has 0 aliphatic rings. The molecule has 6 heteroatoms. The van der Waals surface area contributed by atoms with E-state index in [-0.39, 0.29) is 6.42 Å². The normalized spacial score (nSPS) is 12.8. The molecule has 0 fully saturated rings. The van der Waals surface area contributed by atoms with E-state index in [0.717, 1.165) is 11.0 Å². The first-order valence-electron chi connectivity index (χ1n) is 5.12. The van der Waals surface area contributed by atoms with Gasteiger partial charge in [0.15, 0.2) is 5.16 Å². The third-order valence-electron chi connectivity index (χ3n) is 2.19. The number of carboxylic acid groups (broad SMARTS) is 1. The highest BCUT2D eigenvalue weighted by atomic mass is 32.2. The molecule has 3 N–H and O–H groups in total. The third-order valence-corrected chi connectivity index (χ3v) is 3.21. The van der Waals surface area contributed by atoms with Crippen LogP contribution in [0.15, 0.2) is 29.4 Å². The van der Waals surface area contributed by atoms with Gasteiger partial charge in [0, 0.05) is 5.75 Å².